The van der Waals surface area contributed by atoms with Crippen LogP contribution in [0, 0.1) is 0 Å². The molecule has 0 bridgehead atoms. The van der Waals surface area contributed by atoms with E-state index in [4.69, 9.17) is 11.6 Å². The maximum atomic E-state index is 12.8. The van der Waals surface area contributed by atoms with E-state index in [1.807, 2.05) is 13.0 Å². The van der Waals surface area contributed by atoms with Gasteiger partial charge in [-0.05, 0) is 42.8 Å². The fraction of sp³-hybridized carbons (Fsp3) is 0.263. The standard InChI is InChI=1S/C19H20ClN3O4S/c1-13(14-4-2-6-16(20)10-14)22-19(25)15-5-3-7-17(11-15)28(26,27)23-9-8-21-18(24)12-23/h2-7,10-11,13H,8-9,12H2,1H3,(H,21,24)(H,22,25)/t13-/m0/s1. The van der Waals surface area contributed by atoms with Gasteiger partial charge < -0.3 is 10.6 Å². The molecule has 1 atom stereocenters. The summed E-state index contributed by atoms with van der Waals surface area (Å²) in [5, 5.41) is 5.99. The van der Waals surface area contributed by atoms with Gasteiger partial charge in [0, 0.05) is 23.7 Å². The molecule has 2 amide bonds. The number of carbonyl (C=O) groups excluding carboxylic acids is 2. The first kappa shape index (κ1) is 20.3. The molecule has 1 saturated heterocycles. The SMILES string of the molecule is C[C@H](NC(=O)c1cccc(S(=O)(=O)N2CCNC(=O)C2)c1)c1cccc(Cl)c1. The highest BCUT2D eigenvalue weighted by atomic mass is 35.5. The van der Waals surface area contributed by atoms with E-state index < -0.39 is 15.9 Å². The molecule has 1 fully saturated rings. The second-order valence-electron chi connectivity index (χ2n) is 6.47. The number of carbonyl (C=O) groups is 2. The zero-order chi connectivity index (χ0) is 20.3. The van der Waals surface area contributed by atoms with Crippen LogP contribution < -0.4 is 10.6 Å². The molecule has 148 valence electrons. The molecular formula is C19H20ClN3O4S. The van der Waals surface area contributed by atoms with E-state index in [1.54, 1.807) is 24.3 Å². The summed E-state index contributed by atoms with van der Waals surface area (Å²) >= 11 is 5.99. The lowest BCUT2D eigenvalue weighted by Gasteiger charge is -2.26. The summed E-state index contributed by atoms with van der Waals surface area (Å²) < 4.78 is 26.7. The van der Waals surface area contributed by atoms with Gasteiger partial charge in [0.05, 0.1) is 17.5 Å². The number of benzene rings is 2. The monoisotopic (exact) mass is 421 g/mol. The number of hydrogen-bond donors (Lipinski definition) is 2. The maximum Gasteiger partial charge on any atom is 0.251 e. The van der Waals surface area contributed by atoms with E-state index in [0.29, 0.717) is 5.02 Å². The minimum absolute atomic E-state index is 0.0229. The fourth-order valence-electron chi connectivity index (χ4n) is 2.91. The third-order valence-electron chi connectivity index (χ3n) is 4.43. The van der Waals surface area contributed by atoms with Crippen LogP contribution in [0.4, 0.5) is 0 Å². The predicted octanol–water partition coefficient (Wildman–Crippen LogP) is 1.95. The van der Waals surface area contributed by atoms with Crippen molar-refractivity contribution in [2.24, 2.45) is 0 Å². The number of hydrogen-bond acceptors (Lipinski definition) is 4. The van der Waals surface area contributed by atoms with E-state index in [-0.39, 0.29) is 42.0 Å². The first-order valence-electron chi connectivity index (χ1n) is 8.70. The van der Waals surface area contributed by atoms with Gasteiger partial charge in [0.15, 0.2) is 0 Å². The Bertz CT molecular complexity index is 1010. The largest absolute Gasteiger partial charge is 0.354 e. The molecule has 0 spiro atoms. The summed E-state index contributed by atoms with van der Waals surface area (Å²) in [5.74, 6) is -0.750. The molecule has 1 heterocycles. The molecule has 0 saturated carbocycles. The summed E-state index contributed by atoms with van der Waals surface area (Å²) in [6.45, 7) is 2.03. The smallest absolute Gasteiger partial charge is 0.251 e. The Balaban J connectivity index is 1.78. The molecule has 0 unspecified atom stereocenters. The van der Waals surface area contributed by atoms with Crippen LogP contribution in [0.1, 0.15) is 28.9 Å². The molecule has 7 nitrogen and oxygen atoms in total. The normalized spacial score (nSPS) is 16.3. The molecule has 9 heteroatoms. The van der Waals surface area contributed by atoms with Gasteiger partial charge in [-0.3, -0.25) is 9.59 Å². The molecule has 3 rings (SSSR count). The Labute approximate surface area is 168 Å². The van der Waals surface area contributed by atoms with E-state index in [1.165, 1.54) is 18.2 Å². The lowest BCUT2D eigenvalue weighted by molar-refractivity contribution is -0.122. The van der Waals surface area contributed by atoms with Gasteiger partial charge >= 0.3 is 0 Å². The van der Waals surface area contributed by atoms with Gasteiger partial charge in [0.2, 0.25) is 15.9 Å². The highest BCUT2D eigenvalue weighted by Crippen LogP contribution is 2.20. The van der Waals surface area contributed by atoms with Crippen LogP contribution in [-0.4, -0.2) is 44.2 Å². The van der Waals surface area contributed by atoms with Crippen molar-refractivity contribution < 1.29 is 18.0 Å². The van der Waals surface area contributed by atoms with Gasteiger partial charge in [0.1, 0.15) is 0 Å². The zero-order valence-corrected chi connectivity index (χ0v) is 16.8. The molecule has 1 aliphatic rings. The number of sulfonamides is 1. The Morgan fingerprint density at radius 1 is 1.21 bits per heavy atom. The van der Waals surface area contributed by atoms with Crippen molar-refractivity contribution >= 4 is 33.4 Å². The molecule has 2 aromatic rings. The van der Waals surface area contributed by atoms with E-state index in [0.717, 1.165) is 9.87 Å². The van der Waals surface area contributed by atoms with E-state index >= 15 is 0 Å². The lowest BCUT2D eigenvalue weighted by atomic mass is 10.1. The van der Waals surface area contributed by atoms with Crippen LogP contribution in [-0.2, 0) is 14.8 Å². The van der Waals surface area contributed by atoms with E-state index in [9.17, 15) is 18.0 Å². The van der Waals surface area contributed by atoms with Crippen molar-refractivity contribution in [3.05, 3.63) is 64.7 Å². The number of nitrogens with one attached hydrogen (secondary N) is 2. The Kier molecular flexibility index (Phi) is 6.02. The minimum atomic E-state index is -3.86. The number of amides is 2. The van der Waals surface area contributed by atoms with Crippen molar-refractivity contribution in [2.45, 2.75) is 17.9 Å². The van der Waals surface area contributed by atoms with Crippen molar-refractivity contribution in [2.75, 3.05) is 19.6 Å². The van der Waals surface area contributed by atoms with Crippen LogP contribution >= 0.6 is 11.6 Å². The van der Waals surface area contributed by atoms with E-state index in [2.05, 4.69) is 10.6 Å². The lowest BCUT2D eigenvalue weighted by Crippen LogP contribution is -2.49. The third kappa shape index (κ3) is 4.52. The number of nitrogens with zero attached hydrogens (tertiary/aromatic N) is 1. The molecular weight excluding hydrogens is 402 g/mol. The van der Waals surface area contributed by atoms with Gasteiger partial charge in [-0.25, -0.2) is 8.42 Å². The molecule has 1 aliphatic heterocycles. The molecule has 0 aliphatic carbocycles. The predicted molar refractivity (Wildman–Crippen MR) is 106 cm³/mol. The van der Waals surface area contributed by atoms with Crippen LogP contribution in [0.5, 0.6) is 0 Å². The van der Waals surface area contributed by atoms with Crippen molar-refractivity contribution in [3.63, 3.8) is 0 Å². The summed E-state index contributed by atoms with van der Waals surface area (Å²) in [4.78, 5) is 24.1. The molecule has 0 aromatic heterocycles. The molecule has 28 heavy (non-hydrogen) atoms. The summed E-state index contributed by atoms with van der Waals surface area (Å²) in [6, 6.07) is 12.6. The van der Waals surface area contributed by atoms with Gasteiger partial charge in [-0.15, -0.1) is 0 Å². The summed E-state index contributed by atoms with van der Waals surface area (Å²) in [6.07, 6.45) is 0. The Morgan fingerprint density at radius 2 is 1.96 bits per heavy atom. The third-order valence-corrected chi connectivity index (χ3v) is 6.51. The van der Waals surface area contributed by atoms with Crippen molar-refractivity contribution in [3.8, 4) is 0 Å². The zero-order valence-electron chi connectivity index (χ0n) is 15.2. The van der Waals surface area contributed by atoms with Crippen LogP contribution in [0.25, 0.3) is 0 Å². The molecule has 2 N–H and O–H groups in total. The first-order valence-corrected chi connectivity index (χ1v) is 10.5. The Hall–Kier alpha value is -2.42. The van der Waals surface area contributed by atoms with Crippen LogP contribution in [0.3, 0.4) is 0 Å². The van der Waals surface area contributed by atoms with Crippen molar-refractivity contribution in [1.29, 1.82) is 0 Å². The fourth-order valence-corrected chi connectivity index (χ4v) is 4.55. The number of halogens is 1. The maximum absolute atomic E-state index is 12.8. The molecule has 2 aromatic carbocycles. The van der Waals surface area contributed by atoms with Gasteiger partial charge in [0.25, 0.3) is 5.91 Å². The minimum Gasteiger partial charge on any atom is -0.354 e. The topological polar surface area (TPSA) is 95.6 Å². The molecule has 0 radical (unpaired) electrons. The number of piperazine rings is 1. The van der Waals surface area contributed by atoms with Crippen LogP contribution in [0.15, 0.2) is 53.4 Å². The average Bonchev–Trinajstić information content (AvgIpc) is 2.68. The van der Waals surface area contributed by atoms with Crippen molar-refractivity contribution in [1.82, 2.24) is 14.9 Å². The highest BCUT2D eigenvalue weighted by molar-refractivity contribution is 7.89. The second kappa shape index (κ2) is 8.30. The van der Waals surface area contributed by atoms with Crippen LogP contribution in [0.2, 0.25) is 5.02 Å². The second-order valence-corrected chi connectivity index (χ2v) is 8.84. The summed E-state index contributed by atoms with van der Waals surface area (Å²) in [7, 11) is -3.86. The summed E-state index contributed by atoms with van der Waals surface area (Å²) in [5.41, 5.74) is 1.06. The number of rotatable bonds is 5. The Morgan fingerprint density at radius 3 is 2.68 bits per heavy atom. The first-order chi connectivity index (χ1) is 13.3. The van der Waals surface area contributed by atoms with Gasteiger partial charge in [-0.1, -0.05) is 29.8 Å². The average molecular weight is 422 g/mol. The highest BCUT2D eigenvalue weighted by Gasteiger charge is 2.29. The quantitative estimate of drug-likeness (QED) is 0.771. The van der Waals surface area contributed by atoms with Gasteiger partial charge in [-0.2, -0.15) is 4.31 Å².